The number of aromatic hydroxyl groups is 6. The first-order chi connectivity index (χ1) is 20.0. The van der Waals surface area contributed by atoms with E-state index in [1.165, 1.54) is 48.5 Å². The van der Waals surface area contributed by atoms with Crippen molar-refractivity contribution in [3.05, 3.63) is 94.5 Å². The lowest BCUT2D eigenvalue weighted by Crippen LogP contribution is -2.45. The van der Waals surface area contributed by atoms with Crippen molar-refractivity contribution in [3.63, 3.8) is 0 Å². The number of ether oxygens (including phenoxy) is 3. The Morgan fingerprint density at radius 2 is 1.43 bits per heavy atom. The monoisotopic (exact) mass is 568 g/mol. The van der Waals surface area contributed by atoms with Crippen LogP contribution in [0.25, 0.3) is 12.2 Å². The number of hydrogen-bond donors (Lipinski definition) is 6. The zero-order valence-electron chi connectivity index (χ0n) is 22.0. The van der Waals surface area contributed by atoms with E-state index in [1.54, 1.807) is 31.2 Å². The number of phenolic OH excluding ortho intramolecular Hbond substituents is 6. The highest BCUT2D eigenvalue weighted by atomic mass is 16.8. The van der Waals surface area contributed by atoms with Crippen LogP contribution < -0.4 is 9.47 Å². The van der Waals surface area contributed by atoms with E-state index >= 15 is 0 Å². The van der Waals surface area contributed by atoms with E-state index in [4.69, 9.17) is 14.2 Å². The minimum absolute atomic E-state index is 0.0909. The van der Waals surface area contributed by atoms with Crippen molar-refractivity contribution in [1.82, 2.24) is 0 Å². The maximum atomic E-state index is 13.9. The van der Waals surface area contributed by atoms with Crippen molar-refractivity contribution in [1.29, 1.82) is 0 Å². The molecule has 6 N–H and O–H groups in total. The molecular formula is C32H24O10. The summed E-state index contributed by atoms with van der Waals surface area (Å²) >= 11 is 0. The van der Waals surface area contributed by atoms with Gasteiger partial charge in [0, 0.05) is 35.2 Å². The molecule has 0 aliphatic carbocycles. The third kappa shape index (κ3) is 3.45. The highest BCUT2D eigenvalue weighted by Crippen LogP contribution is 2.74. The number of hydrogen-bond acceptors (Lipinski definition) is 10. The van der Waals surface area contributed by atoms with Crippen molar-refractivity contribution < 1.29 is 49.6 Å². The van der Waals surface area contributed by atoms with E-state index in [9.17, 15) is 35.4 Å². The number of benzene rings is 4. The van der Waals surface area contributed by atoms with E-state index in [1.807, 2.05) is 0 Å². The largest absolute Gasteiger partial charge is 0.508 e. The summed E-state index contributed by atoms with van der Waals surface area (Å²) in [6.45, 7) is 1.80. The second-order valence-electron chi connectivity index (χ2n) is 10.6. The SMILES string of the molecule is CC1c2ccc(O)cc2OC(=O)C2c3c(O)cc(/C=C\c4ccc(O)cc4O)cc3OC3(c4ccc(O)cc4O)OC123. The fourth-order valence-corrected chi connectivity index (χ4v) is 6.30. The third-order valence-electron chi connectivity index (χ3n) is 8.26. The zero-order valence-corrected chi connectivity index (χ0v) is 22.0. The Bertz CT molecular complexity index is 1850. The molecule has 1 saturated heterocycles. The summed E-state index contributed by atoms with van der Waals surface area (Å²) in [5.41, 5.74) is 0.194. The number of epoxide rings is 1. The molecular weight excluding hydrogens is 544 g/mol. The van der Waals surface area contributed by atoms with Crippen LogP contribution in [0, 0.1) is 0 Å². The van der Waals surface area contributed by atoms with Crippen LogP contribution in [0.3, 0.4) is 0 Å². The van der Waals surface area contributed by atoms with Crippen molar-refractivity contribution in [2.75, 3.05) is 0 Å². The van der Waals surface area contributed by atoms with Gasteiger partial charge in [-0.15, -0.1) is 0 Å². The fourth-order valence-electron chi connectivity index (χ4n) is 6.30. The Balaban J connectivity index is 1.42. The Morgan fingerprint density at radius 1 is 0.738 bits per heavy atom. The van der Waals surface area contributed by atoms with Gasteiger partial charge in [-0.3, -0.25) is 4.79 Å². The first-order valence-corrected chi connectivity index (χ1v) is 13.1. The van der Waals surface area contributed by atoms with Crippen molar-refractivity contribution >= 4 is 18.1 Å². The molecule has 212 valence electrons. The van der Waals surface area contributed by atoms with E-state index in [0.717, 1.165) is 6.07 Å². The first-order valence-electron chi connectivity index (χ1n) is 13.1. The molecule has 0 radical (unpaired) electrons. The highest BCUT2D eigenvalue weighted by Gasteiger charge is 2.85. The molecule has 1 spiro atoms. The van der Waals surface area contributed by atoms with Crippen LogP contribution in [0.1, 0.15) is 46.6 Å². The lowest BCUT2D eigenvalue weighted by Gasteiger charge is -2.35. The smallest absolute Gasteiger partial charge is 0.322 e. The summed E-state index contributed by atoms with van der Waals surface area (Å²) in [4.78, 5) is 13.9. The molecule has 7 rings (SSSR count). The van der Waals surface area contributed by atoms with E-state index < -0.39 is 29.2 Å². The van der Waals surface area contributed by atoms with Gasteiger partial charge >= 0.3 is 5.97 Å². The Labute approximate surface area is 238 Å². The molecule has 10 nitrogen and oxygen atoms in total. The molecule has 4 aromatic carbocycles. The average Bonchev–Trinajstić information content (AvgIpc) is 3.62. The number of rotatable bonds is 3. The fraction of sp³-hybridized carbons (Fsp3) is 0.156. The molecule has 3 aliphatic rings. The maximum absolute atomic E-state index is 13.9. The lowest BCUT2D eigenvalue weighted by molar-refractivity contribution is -0.138. The minimum Gasteiger partial charge on any atom is -0.508 e. The predicted molar refractivity (Wildman–Crippen MR) is 148 cm³/mol. The van der Waals surface area contributed by atoms with Crippen LogP contribution in [-0.4, -0.2) is 42.2 Å². The number of esters is 1. The number of carbonyl (C=O) groups excluding carboxylic acids is 1. The van der Waals surface area contributed by atoms with Gasteiger partial charge in [-0.1, -0.05) is 25.1 Å². The third-order valence-corrected chi connectivity index (χ3v) is 8.26. The summed E-state index contributed by atoms with van der Waals surface area (Å²) in [5.74, 6) is -5.23. The molecule has 4 aromatic rings. The Hall–Kier alpha value is -5.35. The van der Waals surface area contributed by atoms with Gasteiger partial charge in [0.15, 0.2) is 5.60 Å². The Kier molecular flexibility index (Phi) is 5.23. The van der Waals surface area contributed by atoms with Crippen LogP contribution in [0.15, 0.2) is 66.7 Å². The van der Waals surface area contributed by atoms with Crippen molar-refractivity contribution in [2.45, 2.75) is 30.1 Å². The number of carbonyl (C=O) groups is 1. The van der Waals surface area contributed by atoms with Gasteiger partial charge in [0.2, 0.25) is 0 Å². The highest BCUT2D eigenvalue weighted by molar-refractivity contribution is 5.89. The summed E-state index contributed by atoms with van der Waals surface area (Å²) in [6.07, 6.45) is 3.17. The van der Waals surface area contributed by atoms with Crippen molar-refractivity contribution in [2.24, 2.45) is 0 Å². The van der Waals surface area contributed by atoms with Crippen LogP contribution in [0.5, 0.6) is 46.0 Å². The van der Waals surface area contributed by atoms with Gasteiger partial charge in [-0.2, -0.15) is 0 Å². The van der Waals surface area contributed by atoms with E-state index in [0.29, 0.717) is 16.7 Å². The molecule has 1 fully saturated rings. The second kappa shape index (κ2) is 8.58. The molecule has 10 heteroatoms. The van der Waals surface area contributed by atoms with Crippen LogP contribution in [0.2, 0.25) is 0 Å². The molecule has 4 atom stereocenters. The van der Waals surface area contributed by atoms with Gasteiger partial charge in [-0.25, -0.2) is 0 Å². The molecule has 0 amide bonds. The number of fused-ring (bicyclic) bond motifs is 3. The molecule has 4 unspecified atom stereocenters. The van der Waals surface area contributed by atoms with Gasteiger partial charge in [0.1, 0.15) is 51.9 Å². The molecule has 0 saturated carbocycles. The van der Waals surface area contributed by atoms with Crippen LogP contribution in [-0.2, 0) is 15.3 Å². The summed E-state index contributed by atoms with van der Waals surface area (Å²) in [5, 5.41) is 62.0. The maximum Gasteiger partial charge on any atom is 0.322 e. The summed E-state index contributed by atoms with van der Waals surface area (Å²) in [6, 6.07) is 15.5. The first kappa shape index (κ1) is 25.6. The normalized spacial score (nSPS) is 25.3. The molecule has 42 heavy (non-hydrogen) atoms. The molecule has 0 bridgehead atoms. The predicted octanol–water partition coefficient (Wildman–Crippen LogP) is 4.91. The molecule has 3 aliphatic heterocycles. The van der Waals surface area contributed by atoms with Crippen molar-refractivity contribution in [3.8, 4) is 46.0 Å². The van der Waals surface area contributed by atoms with Gasteiger partial charge in [0.05, 0.1) is 11.1 Å². The molecule has 3 heterocycles. The second-order valence-corrected chi connectivity index (χ2v) is 10.6. The molecule has 0 aromatic heterocycles. The number of phenols is 6. The van der Waals surface area contributed by atoms with Gasteiger partial charge in [0.25, 0.3) is 5.79 Å². The average molecular weight is 569 g/mol. The van der Waals surface area contributed by atoms with Gasteiger partial charge < -0.3 is 44.8 Å². The Morgan fingerprint density at radius 3 is 2.17 bits per heavy atom. The van der Waals surface area contributed by atoms with Gasteiger partial charge in [-0.05, 0) is 48.0 Å². The lowest BCUT2D eigenvalue weighted by atomic mass is 9.69. The van der Waals surface area contributed by atoms with E-state index in [2.05, 4.69) is 0 Å². The summed E-state index contributed by atoms with van der Waals surface area (Å²) < 4.78 is 18.7. The summed E-state index contributed by atoms with van der Waals surface area (Å²) in [7, 11) is 0. The topological polar surface area (TPSA) is 169 Å². The zero-order chi connectivity index (χ0) is 29.6. The van der Waals surface area contributed by atoms with E-state index in [-0.39, 0.29) is 57.1 Å². The standard InChI is InChI=1S/C32H24O10/c1-15-21-8-6-20(35)14-26(21)40-30(39)29-28-25(38)10-16(2-3-17-4-5-18(33)12-23(17)36)11-27(28)41-32(31(15,29)42-32)22-9-7-19(34)13-24(22)37/h2-15,29,33-38H,1H3/b3-2-. The minimum atomic E-state index is -1.72. The van der Waals surface area contributed by atoms with Crippen LogP contribution >= 0.6 is 0 Å². The van der Waals surface area contributed by atoms with Crippen LogP contribution in [0.4, 0.5) is 0 Å². The quantitative estimate of drug-likeness (QED) is 0.0864.